The molecule has 1 aliphatic rings. The van der Waals surface area contributed by atoms with Gasteiger partial charge in [-0.05, 0) is 48.5 Å². The average molecular weight is 474 g/mol. The molecule has 4 nitrogen and oxygen atoms in total. The van der Waals surface area contributed by atoms with Crippen molar-refractivity contribution in [3.05, 3.63) is 48.5 Å². The van der Waals surface area contributed by atoms with Crippen LogP contribution in [-0.4, -0.2) is 40.9 Å². The number of hydrogen-bond donors (Lipinski definition) is 0. The van der Waals surface area contributed by atoms with Crippen LogP contribution in [0.15, 0.2) is 53.7 Å². The number of alkyl halides is 6. The number of hydrogen-bond acceptors (Lipinski definition) is 4. The molecule has 4 rings (SSSR count). The summed E-state index contributed by atoms with van der Waals surface area (Å²) in [6, 6.07) is 12.4. The fraction of sp³-hybridized carbons (Fsp3) is 0.286. The van der Waals surface area contributed by atoms with Gasteiger partial charge in [0.05, 0.1) is 11.4 Å². The Labute approximate surface area is 183 Å². The van der Waals surface area contributed by atoms with Crippen LogP contribution in [0.2, 0.25) is 0 Å². The van der Waals surface area contributed by atoms with Crippen molar-refractivity contribution in [2.24, 2.45) is 0 Å². The predicted molar refractivity (Wildman–Crippen MR) is 107 cm³/mol. The van der Waals surface area contributed by atoms with E-state index < -0.39 is 25.6 Å². The largest absolute Gasteiger partial charge is 0.484 e. The molecule has 2 heterocycles. The van der Waals surface area contributed by atoms with E-state index in [2.05, 4.69) is 4.98 Å². The van der Waals surface area contributed by atoms with Gasteiger partial charge in [-0.2, -0.15) is 26.3 Å². The summed E-state index contributed by atoms with van der Waals surface area (Å²) in [7, 11) is 0. The fourth-order valence-electron chi connectivity index (χ4n) is 3.22. The summed E-state index contributed by atoms with van der Waals surface area (Å²) in [5.41, 5.74) is 2.81. The average Bonchev–Trinajstić information content (AvgIpc) is 3.32. The lowest BCUT2D eigenvalue weighted by molar-refractivity contribution is -0.154. The molecule has 0 radical (unpaired) electrons. The second kappa shape index (κ2) is 8.61. The van der Waals surface area contributed by atoms with Gasteiger partial charge in [0, 0.05) is 23.4 Å². The highest BCUT2D eigenvalue weighted by Gasteiger charge is 2.29. The Morgan fingerprint density at radius 3 is 1.78 bits per heavy atom. The highest BCUT2D eigenvalue weighted by atomic mass is 32.2. The molecule has 0 saturated heterocycles. The van der Waals surface area contributed by atoms with Gasteiger partial charge < -0.3 is 14.0 Å². The van der Waals surface area contributed by atoms with Gasteiger partial charge in [0.25, 0.3) is 0 Å². The first-order chi connectivity index (χ1) is 15.1. The van der Waals surface area contributed by atoms with E-state index >= 15 is 0 Å². The van der Waals surface area contributed by atoms with Crippen LogP contribution >= 0.6 is 11.8 Å². The number of benzene rings is 2. The zero-order valence-electron chi connectivity index (χ0n) is 16.3. The molecule has 0 unspecified atom stereocenters. The zero-order chi connectivity index (χ0) is 22.9. The number of nitrogens with zero attached hydrogens (tertiary/aromatic N) is 2. The van der Waals surface area contributed by atoms with E-state index in [-0.39, 0.29) is 11.5 Å². The SMILES string of the molecule is FC(F)(F)COc1ccc(-c2nc3n(c2-c2ccc(OCC(F)(F)F)cc2)CCS3)cc1. The molecule has 3 aromatic rings. The number of imidazole rings is 1. The molecule has 2 aromatic carbocycles. The number of aromatic nitrogens is 2. The first-order valence-electron chi connectivity index (χ1n) is 9.42. The molecule has 0 amide bonds. The molecular weight excluding hydrogens is 458 g/mol. The van der Waals surface area contributed by atoms with Crippen molar-refractivity contribution in [1.82, 2.24) is 9.55 Å². The van der Waals surface area contributed by atoms with Crippen molar-refractivity contribution in [3.8, 4) is 34.0 Å². The Morgan fingerprint density at radius 2 is 1.28 bits per heavy atom. The molecule has 32 heavy (non-hydrogen) atoms. The van der Waals surface area contributed by atoms with Gasteiger partial charge in [-0.25, -0.2) is 4.98 Å². The van der Waals surface area contributed by atoms with Gasteiger partial charge in [-0.15, -0.1) is 0 Å². The maximum Gasteiger partial charge on any atom is 0.422 e. The minimum atomic E-state index is -4.43. The smallest absolute Gasteiger partial charge is 0.422 e. The molecule has 170 valence electrons. The quantitative estimate of drug-likeness (QED) is 0.399. The van der Waals surface area contributed by atoms with Crippen LogP contribution in [0.3, 0.4) is 0 Å². The van der Waals surface area contributed by atoms with Gasteiger partial charge in [-0.3, -0.25) is 0 Å². The lowest BCUT2D eigenvalue weighted by Crippen LogP contribution is -2.19. The number of rotatable bonds is 6. The molecule has 0 spiro atoms. The predicted octanol–water partition coefficient (Wildman–Crippen LogP) is 6.21. The van der Waals surface area contributed by atoms with Crippen molar-refractivity contribution < 1.29 is 35.8 Å². The molecule has 1 aromatic heterocycles. The fourth-order valence-corrected chi connectivity index (χ4v) is 4.17. The molecule has 1 aliphatic heterocycles. The standard InChI is InChI=1S/C21H16F6N2O2S/c22-20(23,24)11-30-15-5-1-13(2-6-15)17-18(29-9-10-32-19(29)28-17)14-3-7-16(8-4-14)31-12-21(25,26)27/h1-8H,9-12H2. The number of halogens is 6. The van der Waals surface area contributed by atoms with Crippen molar-refractivity contribution in [2.75, 3.05) is 19.0 Å². The Balaban J connectivity index is 1.60. The van der Waals surface area contributed by atoms with Gasteiger partial charge in [0.2, 0.25) is 0 Å². The van der Waals surface area contributed by atoms with E-state index in [1.165, 1.54) is 24.3 Å². The summed E-state index contributed by atoms with van der Waals surface area (Å²) in [6.07, 6.45) is -8.85. The number of thioether (sulfide) groups is 1. The zero-order valence-corrected chi connectivity index (χ0v) is 17.2. The number of fused-ring (bicyclic) bond motifs is 1. The molecule has 0 N–H and O–H groups in total. The van der Waals surface area contributed by atoms with E-state index in [0.29, 0.717) is 17.8 Å². The van der Waals surface area contributed by atoms with Crippen LogP contribution in [0.1, 0.15) is 0 Å². The molecule has 0 fully saturated rings. The summed E-state index contributed by atoms with van der Waals surface area (Å²) in [6.45, 7) is -2.05. The molecule has 0 bridgehead atoms. The lowest BCUT2D eigenvalue weighted by Gasteiger charge is -2.12. The minimum absolute atomic E-state index is 0.0833. The first kappa shape index (κ1) is 22.4. The Bertz CT molecular complexity index is 1080. The topological polar surface area (TPSA) is 36.3 Å². The second-order valence-corrected chi connectivity index (χ2v) is 8.01. The van der Waals surface area contributed by atoms with Crippen LogP contribution in [0.5, 0.6) is 11.5 Å². The summed E-state index contributed by atoms with van der Waals surface area (Å²) in [5.74, 6) is 1.02. The van der Waals surface area contributed by atoms with Crippen molar-refractivity contribution >= 4 is 11.8 Å². The summed E-state index contributed by atoms with van der Waals surface area (Å²) in [5, 5.41) is 0.796. The molecule has 11 heteroatoms. The van der Waals surface area contributed by atoms with Gasteiger partial charge in [-0.1, -0.05) is 11.8 Å². The highest BCUT2D eigenvalue weighted by molar-refractivity contribution is 7.99. The first-order valence-corrected chi connectivity index (χ1v) is 10.4. The van der Waals surface area contributed by atoms with Crippen LogP contribution in [0.25, 0.3) is 22.5 Å². The van der Waals surface area contributed by atoms with Crippen LogP contribution < -0.4 is 9.47 Å². The van der Waals surface area contributed by atoms with Crippen LogP contribution in [0.4, 0.5) is 26.3 Å². The van der Waals surface area contributed by atoms with Crippen LogP contribution in [0, 0.1) is 0 Å². The monoisotopic (exact) mass is 474 g/mol. The maximum atomic E-state index is 12.4. The van der Waals surface area contributed by atoms with E-state index in [1.807, 2.05) is 4.57 Å². The second-order valence-electron chi connectivity index (χ2n) is 6.95. The van der Waals surface area contributed by atoms with Gasteiger partial charge in [0.1, 0.15) is 11.5 Å². The third-order valence-corrected chi connectivity index (χ3v) is 5.50. The molecule has 0 atom stereocenters. The van der Waals surface area contributed by atoms with Crippen LogP contribution in [-0.2, 0) is 6.54 Å². The minimum Gasteiger partial charge on any atom is -0.484 e. The van der Waals surface area contributed by atoms with Crippen molar-refractivity contribution in [2.45, 2.75) is 24.1 Å². The Kier molecular flexibility index (Phi) is 6.02. The normalized spacial score (nSPS) is 13.8. The Hall–Kier alpha value is -2.82. The van der Waals surface area contributed by atoms with E-state index in [4.69, 9.17) is 9.47 Å². The number of ether oxygens (including phenoxy) is 2. The third kappa shape index (κ3) is 5.32. The van der Waals surface area contributed by atoms with E-state index in [9.17, 15) is 26.3 Å². The lowest BCUT2D eigenvalue weighted by atomic mass is 10.0. The summed E-state index contributed by atoms with van der Waals surface area (Å²) in [4.78, 5) is 4.67. The highest BCUT2D eigenvalue weighted by Crippen LogP contribution is 2.39. The van der Waals surface area contributed by atoms with Crippen molar-refractivity contribution in [3.63, 3.8) is 0 Å². The Morgan fingerprint density at radius 1 is 0.781 bits per heavy atom. The van der Waals surface area contributed by atoms with Gasteiger partial charge in [0.15, 0.2) is 18.4 Å². The summed E-state index contributed by atoms with van der Waals surface area (Å²) >= 11 is 1.57. The summed E-state index contributed by atoms with van der Waals surface area (Å²) < 4.78 is 85.7. The van der Waals surface area contributed by atoms with E-state index in [1.54, 1.807) is 36.0 Å². The molecule has 0 saturated carbocycles. The third-order valence-electron chi connectivity index (χ3n) is 4.54. The van der Waals surface area contributed by atoms with Crippen molar-refractivity contribution in [1.29, 1.82) is 0 Å². The molecule has 0 aliphatic carbocycles. The van der Waals surface area contributed by atoms with Gasteiger partial charge >= 0.3 is 12.4 Å². The van der Waals surface area contributed by atoms with E-state index in [0.717, 1.165) is 22.2 Å². The molecular formula is C21H16F6N2O2S. The maximum absolute atomic E-state index is 12.4.